The molecule has 1 rings (SSSR count). The SMILES string of the molecule is C1=COCCOCCOCCOC=COCCOCCO1. The number of rotatable bonds is 0. The van der Waals surface area contributed by atoms with E-state index in [9.17, 15) is 0 Å². The maximum absolute atomic E-state index is 5.31. The first kappa shape index (κ1) is 17.6. The Labute approximate surface area is 125 Å². The van der Waals surface area contributed by atoms with Gasteiger partial charge in [0.05, 0.1) is 39.6 Å². The largest absolute Gasteiger partial charge is 0.496 e. The monoisotopic (exact) mass is 304 g/mol. The molecular weight excluding hydrogens is 280 g/mol. The lowest BCUT2D eigenvalue weighted by Crippen LogP contribution is -2.10. The van der Waals surface area contributed by atoms with Crippen LogP contribution in [-0.2, 0) is 33.2 Å². The Kier molecular flexibility index (Phi) is 12.5. The molecule has 0 spiro atoms. The van der Waals surface area contributed by atoms with Gasteiger partial charge < -0.3 is 33.2 Å². The van der Waals surface area contributed by atoms with Gasteiger partial charge in [-0.05, 0) is 0 Å². The topological polar surface area (TPSA) is 64.6 Å². The lowest BCUT2D eigenvalue weighted by atomic mass is 10.7. The second-order valence-electron chi connectivity index (χ2n) is 3.86. The van der Waals surface area contributed by atoms with Crippen molar-refractivity contribution in [2.24, 2.45) is 0 Å². The molecule has 0 atom stereocenters. The minimum absolute atomic E-state index is 0.465. The van der Waals surface area contributed by atoms with Crippen molar-refractivity contribution in [1.82, 2.24) is 0 Å². The first-order chi connectivity index (χ1) is 10.5. The first-order valence-corrected chi connectivity index (χ1v) is 7.00. The Morgan fingerprint density at radius 1 is 0.333 bits per heavy atom. The van der Waals surface area contributed by atoms with Gasteiger partial charge in [0.2, 0.25) is 0 Å². The van der Waals surface area contributed by atoms with E-state index >= 15 is 0 Å². The van der Waals surface area contributed by atoms with Gasteiger partial charge in [-0.3, -0.25) is 0 Å². The van der Waals surface area contributed by atoms with E-state index < -0.39 is 0 Å². The molecular formula is C14H24O7. The third kappa shape index (κ3) is 13.3. The van der Waals surface area contributed by atoms with Gasteiger partial charge in [-0.2, -0.15) is 0 Å². The molecule has 122 valence electrons. The molecule has 0 amide bonds. The summed E-state index contributed by atoms with van der Waals surface area (Å²) in [4.78, 5) is 0. The molecule has 0 aromatic rings. The predicted molar refractivity (Wildman–Crippen MR) is 74.5 cm³/mol. The second-order valence-corrected chi connectivity index (χ2v) is 3.86. The molecule has 0 unspecified atom stereocenters. The van der Waals surface area contributed by atoms with E-state index in [2.05, 4.69) is 0 Å². The molecule has 7 heteroatoms. The summed E-state index contributed by atoms with van der Waals surface area (Å²) in [6.45, 7) is 4.94. The number of ether oxygens (including phenoxy) is 7. The van der Waals surface area contributed by atoms with Gasteiger partial charge in [-0.25, -0.2) is 0 Å². The lowest BCUT2D eigenvalue weighted by molar-refractivity contribution is 0.0175. The standard InChI is InChI=1S/C14H24O7/c1-2-16-5-6-18-9-10-20-13-14-21-12-11-19-8-7-17-4-3-15-1/h1-2,11-12H,3-10,13-14H2. The molecule has 1 aliphatic heterocycles. The van der Waals surface area contributed by atoms with Gasteiger partial charge in [0, 0.05) is 0 Å². The molecule has 0 radical (unpaired) electrons. The van der Waals surface area contributed by atoms with Crippen molar-refractivity contribution in [3.8, 4) is 0 Å². The summed E-state index contributed by atoms with van der Waals surface area (Å²) in [6, 6.07) is 0. The van der Waals surface area contributed by atoms with Crippen LogP contribution >= 0.6 is 0 Å². The van der Waals surface area contributed by atoms with Crippen LogP contribution in [0.2, 0.25) is 0 Å². The molecule has 0 fully saturated rings. The van der Waals surface area contributed by atoms with Gasteiger partial charge in [0.1, 0.15) is 51.5 Å². The normalized spacial score (nSPS) is 21.0. The average molecular weight is 304 g/mol. The first-order valence-electron chi connectivity index (χ1n) is 7.00. The van der Waals surface area contributed by atoms with E-state index in [1.54, 1.807) is 0 Å². The minimum Gasteiger partial charge on any atom is -0.496 e. The van der Waals surface area contributed by atoms with Gasteiger partial charge in [-0.1, -0.05) is 0 Å². The Bertz CT molecular complexity index is 242. The molecule has 21 heavy (non-hydrogen) atoms. The zero-order valence-corrected chi connectivity index (χ0v) is 12.2. The predicted octanol–water partition coefficient (Wildman–Crippen LogP) is 1.06. The smallest absolute Gasteiger partial charge is 0.117 e. The molecule has 1 aliphatic rings. The van der Waals surface area contributed by atoms with Crippen LogP contribution in [0.1, 0.15) is 0 Å². The highest BCUT2D eigenvalue weighted by Crippen LogP contribution is 1.87. The highest BCUT2D eigenvalue weighted by atomic mass is 16.6. The lowest BCUT2D eigenvalue weighted by Gasteiger charge is -2.05. The molecule has 1 heterocycles. The molecule has 0 saturated carbocycles. The van der Waals surface area contributed by atoms with Crippen molar-refractivity contribution < 1.29 is 33.2 Å². The Hall–Kier alpha value is -1.44. The maximum atomic E-state index is 5.31. The van der Waals surface area contributed by atoms with E-state index in [1.165, 1.54) is 25.0 Å². The fourth-order valence-corrected chi connectivity index (χ4v) is 1.28. The third-order valence-corrected chi connectivity index (χ3v) is 2.25. The van der Waals surface area contributed by atoms with E-state index in [1.807, 2.05) is 0 Å². The molecule has 0 bridgehead atoms. The molecule has 0 aliphatic carbocycles. The summed E-state index contributed by atoms with van der Waals surface area (Å²) in [7, 11) is 0. The van der Waals surface area contributed by atoms with Gasteiger partial charge >= 0.3 is 0 Å². The summed E-state index contributed by atoms with van der Waals surface area (Å²) in [5.41, 5.74) is 0. The van der Waals surface area contributed by atoms with Crippen LogP contribution in [0, 0.1) is 0 Å². The van der Waals surface area contributed by atoms with E-state index in [-0.39, 0.29) is 0 Å². The van der Waals surface area contributed by atoms with E-state index in [0.29, 0.717) is 66.1 Å². The molecule has 7 nitrogen and oxygen atoms in total. The van der Waals surface area contributed by atoms with Gasteiger partial charge in [0.15, 0.2) is 0 Å². The van der Waals surface area contributed by atoms with Crippen molar-refractivity contribution in [2.75, 3.05) is 66.1 Å². The summed E-state index contributed by atoms with van der Waals surface area (Å²) in [6.07, 6.45) is 5.97. The van der Waals surface area contributed by atoms with Crippen LogP contribution in [0.4, 0.5) is 0 Å². The highest BCUT2D eigenvalue weighted by molar-refractivity contribution is 4.61. The van der Waals surface area contributed by atoms with Crippen molar-refractivity contribution in [1.29, 1.82) is 0 Å². The van der Waals surface area contributed by atoms with Crippen LogP contribution in [-0.4, -0.2) is 66.1 Å². The third-order valence-electron chi connectivity index (χ3n) is 2.25. The Morgan fingerprint density at radius 3 is 0.857 bits per heavy atom. The average Bonchev–Trinajstić information content (AvgIpc) is 2.50. The van der Waals surface area contributed by atoms with E-state index in [0.717, 1.165) is 0 Å². The van der Waals surface area contributed by atoms with Crippen LogP contribution in [0.25, 0.3) is 0 Å². The Balaban J connectivity index is 2.10. The molecule has 0 N–H and O–H groups in total. The Morgan fingerprint density at radius 2 is 0.571 bits per heavy atom. The van der Waals surface area contributed by atoms with Crippen molar-refractivity contribution >= 4 is 0 Å². The van der Waals surface area contributed by atoms with Gasteiger partial charge in [0.25, 0.3) is 0 Å². The van der Waals surface area contributed by atoms with E-state index in [4.69, 9.17) is 33.2 Å². The molecule has 0 aromatic carbocycles. The summed E-state index contributed by atoms with van der Waals surface area (Å²) >= 11 is 0. The van der Waals surface area contributed by atoms with Gasteiger partial charge in [-0.15, -0.1) is 0 Å². The number of hydrogen-bond acceptors (Lipinski definition) is 7. The fraction of sp³-hybridized carbons (Fsp3) is 0.714. The van der Waals surface area contributed by atoms with Crippen molar-refractivity contribution in [3.05, 3.63) is 25.0 Å². The van der Waals surface area contributed by atoms with Crippen LogP contribution in [0.5, 0.6) is 0 Å². The maximum Gasteiger partial charge on any atom is 0.117 e. The second kappa shape index (κ2) is 15.0. The fourth-order valence-electron chi connectivity index (χ4n) is 1.28. The van der Waals surface area contributed by atoms with Crippen molar-refractivity contribution in [2.45, 2.75) is 0 Å². The summed E-state index contributed by atoms with van der Waals surface area (Å²) in [5.74, 6) is 0. The zero-order valence-electron chi connectivity index (χ0n) is 12.2. The highest BCUT2D eigenvalue weighted by Gasteiger charge is 1.92. The van der Waals surface area contributed by atoms with Crippen LogP contribution in [0.15, 0.2) is 25.0 Å². The zero-order chi connectivity index (χ0) is 14.8. The minimum atomic E-state index is 0.465. The quantitative estimate of drug-likeness (QED) is 0.663. The molecule has 0 aromatic heterocycles. The number of hydrogen-bond donors (Lipinski definition) is 0. The summed E-state index contributed by atoms with van der Waals surface area (Å²) < 4.78 is 36.6. The van der Waals surface area contributed by atoms with Crippen molar-refractivity contribution in [3.63, 3.8) is 0 Å². The van der Waals surface area contributed by atoms with Crippen LogP contribution < -0.4 is 0 Å². The summed E-state index contributed by atoms with van der Waals surface area (Å²) in [5, 5.41) is 0. The van der Waals surface area contributed by atoms with Crippen LogP contribution in [0.3, 0.4) is 0 Å². The molecule has 0 saturated heterocycles.